The van der Waals surface area contributed by atoms with Crippen LogP contribution in [0, 0.1) is 6.92 Å². The minimum Gasteiger partial charge on any atom is -0.398 e. The quantitative estimate of drug-likeness (QED) is 0.648. The molecule has 0 aromatic heterocycles. The van der Waals surface area contributed by atoms with E-state index in [2.05, 4.69) is 5.32 Å². The number of likely N-dealkylation sites (N-methyl/N-ethyl adjacent to an activating group) is 1. The van der Waals surface area contributed by atoms with E-state index in [0.29, 0.717) is 25.2 Å². The summed E-state index contributed by atoms with van der Waals surface area (Å²) in [6.07, 6.45) is 0.405. The number of anilines is 2. The van der Waals surface area contributed by atoms with Gasteiger partial charge in [-0.2, -0.15) is 0 Å². The number of amides is 1. The predicted molar refractivity (Wildman–Crippen MR) is 78.0 cm³/mol. The van der Waals surface area contributed by atoms with Gasteiger partial charge in [-0.3, -0.25) is 4.79 Å². The molecule has 0 unspecified atom stereocenters. The molecule has 0 bridgehead atoms. The summed E-state index contributed by atoms with van der Waals surface area (Å²) in [5.41, 5.74) is 8.11. The lowest BCUT2D eigenvalue weighted by atomic mass is 10.1. The van der Waals surface area contributed by atoms with E-state index in [1.807, 2.05) is 36.9 Å². The minimum absolute atomic E-state index is 0.0370. The van der Waals surface area contributed by atoms with Gasteiger partial charge in [0.05, 0.1) is 6.61 Å². The molecule has 0 saturated heterocycles. The van der Waals surface area contributed by atoms with E-state index in [4.69, 9.17) is 10.8 Å². The summed E-state index contributed by atoms with van der Waals surface area (Å²) < 4.78 is 0. The first-order chi connectivity index (χ1) is 9.08. The molecule has 19 heavy (non-hydrogen) atoms. The number of nitrogens with zero attached hydrogens (tertiary/aromatic N) is 1. The molecule has 1 aromatic rings. The highest BCUT2D eigenvalue weighted by molar-refractivity contribution is 5.92. The molecule has 1 rings (SSSR count). The third kappa shape index (κ3) is 4.89. The van der Waals surface area contributed by atoms with Crippen molar-refractivity contribution in [3.8, 4) is 0 Å². The van der Waals surface area contributed by atoms with Crippen molar-refractivity contribution in [1.29, 1.82) is 0 Å². The van der Waals surface area contributed by atoms with Crippen LogP contribution in [-0.4, -0.2) is 42.2 Å². The molecule has 106 valence electrons. The molecule has 1 amide bonds. The number of nitrogens with two attached hydrogens (primary N) is 1. The number of rotatable bonds is 7. The van der Waals surface area contributed by atoms with Crippen LogP contribution in [0.15, 0.2) is 18.2 Å². The van der Waals surface area contributed by atoms with Crippen molar-refractivity contribution in [3.05, 3.63) is 23.8 Å². The lowest BCUT2D eigenvalue weighted by molar-refractivity contribution is -0.116. The minimum atomic E-state index is -0.0370. The number of hydrogen-bond acceptors (Lipinski definition) is 4. The second-order valence-electron chi connectivity index (χ2n) is 4.48. The van der Waals surface area contributed by atoms with Crippen molar-refractivity contribution >= 4 is 17.3 Å². The summed E-state index contributed by atoms with van der Waals surface area (Å²) in [4.78, 5) is 13.9. The first kappa shape index (κ1) is 15.5. The van der Waals surface area contributed by atoms with Gasteiger partial charge in [0.15, 0.2) is 0 Å². The number of nitrogens with one attached hydrogen (secondary N) is 1. The molecule has 5 heteroatoms. The van der Waals surface area contributed by atoms with Gasteiger partial charge in [-0.25, -0.2) is 0 Å². The van der Waals surface area contributed by atoms with Gasteiger partial charge in [0.25, 0.3) is 0 Å². The number of aliphatic hydroxyl groups is 1. The van der Waals surface area contributed by atoms with Crippen LogP contribution in [0.25, 0.3) is 0 Å². The first-order valence-corrected chi connectivity index (χ1v) is 6.56. The highest BCUT2D eigenvalue weighted by Gasteiger charge is 2.08. The monoisotopic (exact) mass is 265 g/mol. The topological polar surface area (TPSA) is 78.6 Å². The van der Waals surface area contributed by atoms with E-state index in [1.54, 1.807) is 0 Å². The predicted octanol–water partition coefficient (Wildman–Crippen LogP) is 1.22. The largest absolute Gasteiger partial charge is 0.398 e. The third-order valence-electron chi connectivity index (χ3n) is 3.17. The van der Waals surface area contributed by atoms with Crippen LogP contribution in [-0.2, 0) is 4.79 Å². The molecule has 0 atom stereocenters. The molecule has 0 heterocycles. The molecule has 1 aromatic carbocycles. The first-order valence-electron chi connectivity index (χ1n) is 6.56. The van der Waals surface area contributed by atoms with Crippen molar-refractivity contribution in [3.63, 3.8) is 0 Å². The normalized spacial score (nSPS) is 10.7. The van der Waals surface area contributed by atoms with E-state index >= 15 is 0 Å². The van der Waals surface area contributed by atoms with Gasteiger partial charge in [-0.1, -0.05) is 13.0 Å². The Labute approximate surface area is 114 Å². The number of benzene rings is 1. The van der Waals surface area contributed by atoms with Crippen molar-refractivity contribution < 1.29 is 9.90 Å². The Hall–Kier alpha value is -1.59. The van der Waals surface area contributed by atoms with Gasteiger partial charge in [0.2, 0.25) is 5.91 Å². The molecule has 0 saturated carbocycles. The van der Waals surface area contributed by atoms with Crippen LogP contribution in [0.1, 0.15) is 18.9 Å². The maximum absolute atomic E-state index is 11.9. The SMILES string of the molecule is CCN(CCO)CCC(=O)Nc1cccc(N)c1C. The highest BCUT2D eigenvalue weighted by Crippen LogP contribution is 2.20. The Morgan fingerprint density at radius 1 is 1.42 bits per heavy atom. The summed E-state index contributed by atoms with van der Waals surface area (Å²) >= 11 is 0. The standard InChI is InChI=1S/C14H23N3O2/c1-3-17(9-10-18)8-7-14(19)16-13-6-4-5-12(15)11(13)2/h4-6,18H,3,7-10,15H2,1-2H3,(H,16,19). The lowest BCUT2D eigenvalue weighted by Crippen LogP contribution is -2.30. The summed E-state index contributed by atoms with van der Waals surface area (Å²) in [5, 5.41) is 11.7. The van der Waals surface area contributed by atoms with Crippen LogP contribution < -0.4 is 11.1 Å². The zero-order valence-electron chi connectivity index (χ0n) is 11.6. The summed E-state index contributed by atoms with van der Waals surface area (Å²) in [6.45, 7) is 6.07. The van der Waals surface area contributed by atoms with Crippen LogP contribution in [0.4, 0.5) is 11.4 Å². The number of nitrogen functional groups attached to an aromatic ring is 1. The molecule has 0 aliphatic rings. The van der Waals surface area contributed by atoms with Gasteiger partial charge in [0, 0.05) is 30.9 Å². The van der Waals surface area contributed by atoms with E-state index in [1.165, 1.54) is 0 Å². The van der Waals surface area contributed by atoms with Crippen molar-refractivity contribution in [1.82, 2.24) is 4.90 Å². The van der Waals surface area contributed by atoms with E-state index in [9.17, 15) is 4.79 Å². The molecule has 0 radical (unpaired) electrons. The second kappa shape index (κ2) is 7.76. The smallest absolute Gasteiger partial charge is 0.225 e. The number of aliphatic hydroxyl groups excluding tert-OH is 1. The fourth-order valence-corrected chi connectivity index (χ4v) is 1.83. The molecule has 0 spiro atoms. The number of carbonyl (C=O) groups is 1. The molecule has 0 fully saturated rings. The zero-order valence-corrected chi connectivity index (χ0v) is 11.6. The molecule has 0 aliphatic heterocycles. The van der Waals surface area contributed by atoms with E-state index < -0.39 is 0 Å². The fourth-order valence-electron chi connectivity index (χ4n) is 1.83. The van der Waals surface area contributed by atoms with Crippen LogP contribution in [0.2, 0.25) is 0 Å². The Bertz CT molecular complexity index is 421. The van der Waals surface area contributed by atoms with Crippen molar-refractivity contribution in [2.45, 2.75) is 20.3 Å². The van der Waals surface area contributed by atoms with Gasteiger partial charge in [-0.05, 0) is 31.2 Å². The van der Waals surface area contributed by atoms with Crippen LogP contribution in [0.5, 0.6) is 0 Å². The van der Waals surface area contributed by atoms with Crippen molar-refractivity contribution in [2.75, 3.05) is 37.3 Å². The molecule has 0 aliphatic carbocycles. The summed E-state index contributed by atoms with van der Waals surface area (Å²) in [6, 6.07) is 5.47. The zero-order chi connectivity index (χ0) is 14.3. The highest BCUT2D eigenvalue weighted by atomic mass is 16.3. The molecular weight excluding hydrogens is 242 g/mol. The Balaban J connectivity index is 2.49. The fraction of sp³-hybridized carbons (Fsp3) is 0.500. The van der Waals surface area contributed by atoms with Crippen LogP contribution >= 0.6 is 0 Å². The number of hydrogen-bond donors (Lipinski definition) is 3. The number of carbonyl (C=O) groups excluding carboxylic acids is 1. The summed E-state index contributed by atoms with van der Waals surface area (Å²) in [5.74, 6) is -0.0370. The maximum atomic E-state index is 11.9. The summed E-state index contributed by atoms with van der Waals surface area (Å²) in [7, 11) is 0. The van der Waals surface area contributed by atoms with Gasteiger partial charge in [-0.15, -0.1) is 0 Å². The Kier molecular flexibility index (Phi) is 6.32. The third-order valence-corrected chi connectivity index (χ3v) is 3.17. The second-order valence-corrected chi connectivity index (χ2v) is 4.48. The van der Waals surface area contributed by atoms with Gasteiger partial charge in [0.1, 0.15) is 0 Å². The van der Waals surface area contributed by atoms with Gasteiger partial charge < -0.3 is 21.1 Å². The lowest BCUT2D eigenvalue weighted by Gasteiger charge is -2.18. The van der Waals surface area contributed by atoms with E-state index in [0.717, 1.165) is 17.8 Å². The van der Waals surface area contributed by atoms with Crippen molar-refractivity contribution in [2.24, 2.45) is 0 Å². The maximum Gasteiger partial charge on any atom is 0.225 e. The molecular formula is C14H23N3O2. The van der Waals surface area contributed by atoms with Gasteiger partial charge >= 0.3 is 0 Å². The average Bonchev–Trinajstić information content (AvgIpc) is 2.40. The Morgan fingerprint density at radius 3 is 2.79 bits per heavy atom. The molecule has 5 nitrogen and oxygen atoms in total. The molecule has 4 N–H and O–H groups in total. The Morgan fingerprint density at radius 2 is 2.16 bits per heavy atom. The van der Waals surface area contributed by atoms with Crippen LogP contribution in [0.3, 0.4) is 0 Å². The van der Waals surface area contributed by atoms with E-state index in [-0.39, 0.29) is 12.5 Å². The average molecular weight is 265 g/mol.